The third-order valence-electron chi connectivity index (χ3n) is 3.64. The van der Waals surface area contributed by atoms with Crippen LogP contribution in [0, 0.1) is 0 Å². The van der Waals surface area contributed by atoms with Crippen LogP contribution in [0.25, 0.3) is 0 Å². The second-order valence-electron chi connectivity index (χ2n) is 5.56. The Labute approximate surface area is 167 Å². The number of nitrogens with zero attached hydrogens (tertiary/aromatic N) is 2. The van der Waals surface area contributed by atoms with Gasteiger partial charge in [-0.15, -0.1) is 4.40 Å². The first-order chi connectivity index (χ1) is 13.5. The lowest BCUT2D eigenvalue weighted by atomic mass is 10.2. The van der Waals surface area contributed by atoms with Crippen molar-refractivity contribution < 1.29 is 18.4 Å². The van der Waals surface area contributed by atoms with Crippen LogP contribution in [0.5, 0.6) is 0 Å². The van der Waals surface area contributed by atoms with Crippen molar-refractivity contribution in [3.8, 4) is 0 Å². The predicted octanol–water partition coefficient (Wildman–Crippen LogP) is 4.33. The van der Waals surface area contributed by atoms with Gasteiger partial charge in [-0.25, -0.2) is 0 Å². The molecule has 3 aromatic rings. The van der Waals surface area contributed by atoms with E-state index in [1.807, 2.05) is 0 Å². The van der Waals surface area contributed by atoms with Crippen LogP contribution in [0.4, 0.5) is 0 Å². The van der Waals surface area contributed by atoms with Crippen LogP contribution in [-0.2, 0) is 14.8 Å². The van der Waals surface area contributed by atoms with Crippen molar-refractivity contribution in [1.29, 1.82) is 0 Å². The summed E-state index contributed by atoms with van der Waals surface area (Å²) in [6.45, 7) is 0. The number of ether oxygens (including phenoxy) is 1. The number of oxime groups is 1. The van der Waals surface area contributed by atoms with Crippen LogP contribution in [0.2, 0.25) is 5.02 Å². The molecule has 0 radical (unpaired) electrons. The van der Waals surface area contributed by atoms with Crippen LogP contribution >= 0.6 is 11.6 Å². The summed E-state index contributed by atoms with van der Waals surface area (Å²) in [5, 5.41) is 12.9. The van der Waals surface area contributed by atoms with Gasteiger partial charge in [-0.2, -0.15) is 8.42 Å². The lowest BCUT2D eigenvalue weighted by Gasteiger charge is -2.10. The van der Waals surface area contributed by atoms with Gasteiger partial charge >= 0.3 is 0 Å². The fourth-order valence-corrected chi connectivity index (χ4v) is 3.36. The second kappa shape index (κ2) is 8.69. The minimum Gasteiger partial charge on any atom is -0.416 e. The van der Waals surface area contributed by atoms with Gasteiger partial charge in [-0.3, -0.25) is 0 Å². The van der Waals surface area contributed by atoms with Gasteiger partial charge in [0.2, 0.25) is 5.90 Å². The van der Waals surface area contributed by atoms with E-state index in [0.717, 1.165) is 0 Å². The van der Waals surface area contributed by atoms with Crippen LogP contribution in [-0.4, -0.2) is 25.4 Å². The largest absolute Gasteiger partial charge is 0.416 e. The molecule has 0 bridgehead atoms. The van der Waals surface area contributed by atoms with E-state index < -0.39 is 10.0 Å². The number of rotatable bonds is 4. The Morgan fingerprint density at radius 2 is 1.29 bits per heavy atom. The summed E-state index contributed by atoms with van der Waals surface area (Å²) in [4.78, 5) is -0.0453. The molecular weight excluding hydrogens is 400 g/mol. The lowest BCUT2D eigenvalue weighted by Crippen LogP contribution is -2.17. The SMILES string of the molecule is O=S(=O)(N=C(OC(=NO)c1ccccc1)c1ccccc1)c1ccc(Cl)cc1. The number of hydrogen-bond acceptors (Lipinski definition) is 5. The van der Waals surface area contributed by atoms with Gasteiger partial charge < -0.3 is 9.94 Å². The monoisotopic (exact) mass is 414 g/mol. The first kappa shape index (κ1) is 19.6. The molecule has 0 spiro atoms. The van der Waals surface area contributed by atoms with Crippen molar-refractivity contribution >= 4 is 33.4 Å². The number of sulfonamides is 1. The van der Waals surface area contributed by atoms with E-state index in [1.165, 1.54) is 24.3 Å². The minimum absolute atomic E-state index is 0.0453. The van der Waals surface area contributed by atoms with Crippen molar-refractivity contribution in [2.45, 2.75) is 4.90 Å². The van der Waals surface area contributed by atoms with Gasteiger partial charge in [0.15, 0.2) is 0 Å². The molecule has 28 heavy (non-hydrogen) atoms. The standard InChI is InChI=1S/C20H15ClN2O4S/c21-17-11-13-18(14-12-17)28(25,26)23-20(16-9-5-2-6-10-16)27-19(22-24)15-7-3-1-4-8-15/h1-14,24H. The zero-order valence-corrected chi connectivity index (χ0v) is 16.0. The van der Waals surface area contributed by atoms with Crippen molar-refractivity contribution in [3.63, 3.8) is 0 Å². The highest BCUT2D eigenvalue weighted by Crippen LogP contribution is 2.18. The fourth-order valence-electron chi connectivity index (χ4n) is 2.29. The summed E-state index contributed by atoms with van der Waals surface area (Å²) < 4.78 is 34.9. The van der Waals surface area contributed by atoms with Crippen LogP contribution in [0.15, 0.2) is 99.4 Å². The minimum atomic E-state index is -4.09. The highest BCUT2D eigenvalue weighted by Gasteiger charge is 2.19. The molecule has 0 aliphatic rings. The van der Waals surface area contributed by atoms with Crippen molar-refractivity contribution in [3.05, 3.63) is 101 Å². The Bertz CT molecular complexity index is 1100. The molecular formula is C20H15ClN2O4S. The van der Waals surface area contributed by atoms with Crippen molar-refractivity contribution in [1.82, 2.24) is 0 Å². The quantitative estimate of drug-likeness (QED) is 0.298. The van der Waals surface area contributed by atoms with Crippen LogP contribution < -0.4 is 0 Å². The first-order valence-electron chi connectivity index (χ1n) is 8.11. The number of halogens is 1. The molecule has 3 aromatic carbocycles. The molecule has 0 aliphatic heterocycles. The van der Waals surface area contributed by atoms with Crippen LogP contribution in [0.1, 0.15) is 11.1 Å². The molecule has 0 aliphatic carbocycles. The summed E-state index contributed by atoms with van der Waals surface area (Å²) in [5.41, 5.74) is 0.856. The summed E-state index contributed by atoms with van der Waals surface area (Å²) >= 11 is 5.82. The zero-order valence-electron chi connectivity index (χ0n) is 14.4. The average molecular weight is 415 g/mol. The zero-order chi connectivity index (χ0) is 20.0. The van der Waals surface area contributed by atoms with Gasteiger partial charge in [0.1, 0.15) is 0 Å². The molecule has 0 saturated heterocycles. The Kier molecular flexibility index (Phi) is 6.08. The Hall–Kier alpha value is -3.16. The molecule has 0 fully saturated rings. The highest BCUT2D eigenvalue weighted by molar-refractivity contribution is 7.90. The normalized spacial score (nSPS) is 12.6. The maximum absolute atomic E-state index is 12.7. The molecule has 0 saturated carbocycles. The van der Waals surface area contributed by atoms with Gasteiger partial charge in [0.05, 0.1) is 4.90 Å². The molecule has 6 nitrogen and oxygen atoms in total. The number of hydrogen-bond donors (Lipinski definition) is 1. The first-order valence-corrected chi connectivity index (χ1v) is 9.93. The molecule has 0 unspecified atom stereocenters. The molecule has 0 amide bonds. The maximum Gasteiger partial charge on any atom is 0.285 e. The Balaban J connectivity index is 2.05. The fraction of sp³-hybridized carbons (Fsp3) is 0. The van der Waals surface area contributed by atoms with E-state index in [0.29, 0.717) is 16.1 Å². The summed E-state index contributed by atoms with van der Waals surface area (Å²) in [6, 6.07) is 22.6. The summed E-state index contributed by atoms with van der Waals surface area (Å²) in [5.74, 6) is -0.415. The number of benzene rings is 3. The molecule has 3 rings (SSSR count). The molecule has 1 N–H and O–H groups in total. The predicted molar refractivity (Wildman–Crippen MR) is 107 cm³/mol. The summed E-state index contributed by atoms with van der Waals surface area (Å²) in [7, 11) is -4.09. The summed E-state index contributed by atoms with van der Waals surface area (Å²) in [6.07, 6.45) is 0. The van der Waals surface area contributed by atoms with Gasteiger partial charge in [0, 0.05) is 16.1 Å². The van der Waals surface area contributed by atoms with Gasteiger partial charge in [-0.05, 0) is 53.7 Å². The van der Waals surface area contributed by atoms with E-state index in [9.17, 15) is 13.6 Å². The van der Waals surface area contributed by atoms with E-state index in [4.69, 9.17) is 16.3 Å². The van der Waals surface area contributed by atoms with Gasteiger partial charge in [-0.1, -0.05) is 48.0 Å². The van der Waals surface area contributed by atoms with Crippen molar-refractivity contribution in [2.24, 2.45) is 9.55 Å². The third kappa shape index (κ3) is 4.76. The second-order valence-corrected chi connectivity index (χ2v) is 7.61. The highest BCUT2D eigenvalue weighted by atomic mass is 35.5. The van der Waals surface area contributed by atoms with Gasteiger partial charge in [0.25, 0.3) is 15.9 Å². The smallest absolute Gasteiger partial charge is 0.285 e. The topological polar surface area (TPSA) is 88.3 Å². The lowest BCUT2D eigenvalue weighted by molar-refractivity contribution is 0.304. The van der Waals surface area contributed by atoms with E-state index in [1.54, 1.807) is 60.7 Å². The molecule has 142 valence electrons. The third-order valence-corrected chi connectivity index (χ3v) is 5.17. The van der Waals surface area contributed by atoms with E-state index in [2.05, 4.69) is 9.55 Å². The Morgan fingerprint density at radius 1 is 0.786 bits per heavy atom. The molecule has 0 atom stereocenters. The van der Waals surface area contributed by atoms with E-state index >= 15 is 0 Å². The van der Waals surface area contributed by atoms with Crippen LogP contribution in [0.3, 0.4) is 0 Å². The van der Waals surface area contributed by atoms with E-state index in [-0.39, 0.29) is 16.7 Å². The average Bonchev–Trinajstić information content (AvgIpc) is 2.72. The Morgan fingerprint density at radius 3 is 1.79 bits per heavy atom. The maximum atomic E-state index is 12.7. The molecule has 8 heteroatoms. The van der Waals surface area contributed by atoms with Crippen molar-refractivity contribution in [2.75, 3.05) is 0 Å². The molecule has 0 aromatic heterocycles. The molecule has 0 heterocycles.